The summed E-state index contributed by atoms with van der Waals surface area (Å²) in [6.45, 7) is 0. The molecular weight excluding hydrogens is 136 g/mol. The van der Waals surface area contributed by atoms with Crippen LogP contribution in [0.5, 0.6) is 0 Å². The summed E-state index contributed by atoms with van der Waals surface area (Å²) in [6.07, 6.45) is 1.75. The van der Waals surface area contributed by atoms with E-state index in [1.54, 1.807) is 30.6 Å². The van der Waals surface area contributed by atoms with Gasteiger partial charge in [-0.3, -0.25) is 4.79 Å². The van der Waals surface area contributed by atoms with E-state index in [9.17, 15) is 4.79 Å². The molecule has 0 aromatic heterocycles. The fourth-order valence-corrected chi connectivity index (χ4v) is 0.644. The van der Waals surface area contributed by atoms with Crippen LogP contribution < -0.4 is 0 Å². The van der Waals surface area contributed by atoms with Crippen LogP contribution >= 0.6 is 11.6 Å². The molecule has 0 N–H and O–H groups in total. The van der Waals surface area contributed by atoms with Gasteiger partial charge < -0.3 is 0 Å². The maximum Gasteiger partial charge on any atom is 0.233 e. The van der Waals surface area contributed by atoms with E-state index < -0.39 is 0 Å². The molecule has 0 saturated carbocycles. The predicted octanol–water partition coefficient (Wildman–Crippen LogP) is 1.80. The minimum atomic E-state index is 0.527. The third-order valence-corrected chi connectivity index (χ3v) is 1.21. The van der Waals surface area contributed by atoms with E-state index in [4.69, 9.17) is 11.6 Å². The highest BCUT2D eigenvalue weighted by atomic mass is 35.5. The van der Waals surface area contributed by atoms with Gasteiger partial charge in [0.1, 0.15) is 0 Å². The first kappa shape index (κ1) is 6.30. The van der Waals surface area contributed by atoms with Crippen molar-refractivity contribution in [1.82, 2.24) is 0 Å². The van der Waals surface area contributed by atoms with Gasteiger partial charge in [0.05, 0.1) is 0 Å². The van der Waals surface area contributed by atoms with Crippen molar-refractivity contribution in [1.29, 1.82) is 0 Å². The maximum absolute atomic E-state index is 9.95. The van der Waals surface area contributed by atoms with E-state index in [1.165, 1.54) is 0 Å². The minimum absolute atomic E-state index is 0.527. The van der Waals surface area contributed by atoms with E-state index in [1.807, 2.05) is 0 Å². The average molecular weight is 140 g/mol. The summed E-state index contributed by atoms with van der Waals surface area (Å²) in [5.41, 5.74) is 0.527. The molecule has 2 heteroatoms. The number of carbonyl (C=O) groups excluding carboxylic acids is 1. The second-order valence-electron chi connectivity index (χ2n) is 1.61. The number of hydrogen-bond donors (Lipinski definition) is 0. The first-order valence-electron chi connectivity index (χ1n) is 2.46. The highest BCUT2D eigenvalue weighted by Gasteiger charge is 1.87. The first-order valence-corrected chi connectivity index (χ1v) is 2.84. The fourth-order valence-electron chi connectivity index (χ4n) is 0.518. The summed E-state index contributed by atoms with van der Waals surface area (Å²) in [5.74, 6) is 0. The molecular formula is C7H4ClO. The lowest BCUT2D eigenvalue weighted by Crippen LogP contribution is -1.75. The van der Waals surface area contributed by atoms with E-state index >= 15 is 0 Å². The standard InChI is InChI=1S/C7H4ClO/c8-7-3-1-6(5-9)2-4-7/h1-4H. The zero-order valence-corrected chi connectivity index (χ0v) is 5.35. The molecule has 0 bridgehead atoms. The largest absolute Gasteiger partial charge is 0.285 e. The lowest BCUT2D eigenvalue weighted by Gasteiger charge is -1.86. The lowest BCUT2D eigenvalue weighted by molar-refractivity contribution is 0.563. The Hall–Kier alpha value is -0.820. The third kappa shape index (κ3) is 1.54. The molecule has 1 rings (SSSR count). The molecule has 1 aromatic rings. The molecule has 0 aliphatic heterocycles. The Kier molecular flexibility index (Phi) is 1.85. The highest BCUT2D eigenvalue weighted by molar-refractivity contribution is 6.30. The van der Waals surface area contributed by atoms with Gasteiger partial charge in [-0.05, 0) is 24.3 Å². The van der Waals surface area contributed by atoms with E-state index in [0.29, 0.717) is 10.6 Å². The molecule has 0 amide bonds. The Morgan fingerprint density at radius 2 is 1.78 bits per heavy atom. The van der Waals surface area contributed by atoms with Gasteiger partial charge >= 0.3 is 0 Å². The quantitative estimate of drug-likeness (QED) is 0.580. The zero-order chi connectivity index (χ0) is 6.69. The van der Waals surface area contributed by atoms with Crippen LogP contribution in [0.2, 0.25) is 5.02 Å². The molecule has 0 heterocycles. The smallest absolute Gasteiger partial charge is 0.233 e. The number of rotatable bonds is 1. The lowest BCUT2D eigenvalue weighted by atomic mass is 10.2. The van der Waals surface area contributed by atoms with Crippen molar-refractivity contribution in [2.75, 3.05) is 0 Å². The Balaban J connectivity index is 3.01. The van der Waals surface area contributed by atoms with Crippen molar-refractivity contribution in [3.63, 3.8) is 0 Å². The van der Waals surface area contributed by atoms with Crippen LogP contribution in [0, 0.1) is 0 Å². The average Bonchev–Trinajstić information content (AvgIpc) is 1.90. The zero-order valence-electron chi connectivity index (χ0n) is 4.60. The van der Waals surface area contributed by atoms with Gasteiger partial charge in [-0.2, -0.15) is 0 Å². The van der Waals surface area contributed by atoms with Crippen LogP contribution in [0.3, 0.4) is 0 Å². The van der Waals surface area contributed by atoms with Crippen LogP contribution in [-0.2, 0) is 4.79 Å². The van der Waals surface area contributed by atoms with E-state index in [2.05, 4.69) is 0 Å². The highest BCUT2D eigenvalue weighted by Crippen LogP contribution is 2.07. The summed E-state index contributed by atoms with van der Waals surface area (Å²) >= 11 is 5.54. The number of benzene rings is 1. The van der Waals surface area contributed by atoms with Crippen molar-refractivity contribution in [3.05, 3.63) is 34.9 Å². The summed E-state index contributed by atoms with van der Waals surface area (Å²) in [4.78, 5) is 9.95. The van der Waals surface area contributed by atoms with Crippen molar-refractivity contribution in [2.24, 2.45) is 0 Å². The fraction of sp³-hybridized carbons (Fsp3) is 0. The molecule has 0 saturated heterocycles. The summed E-state index contributed by atoms with van der Waals surface area (Å²) in [6, 6.07) is 6.55. The second kappa shape index (κ2) is 2.65. The van der Waals surface area contributed by atoms with Crippen molar-refractivity contribution in [2.45, 2.75) is 0 Å². The molecule has 1 aromatic carbocycles. The monoisotopic (exact) mass is 139 g/mol. The van der Waals surface area contributed by atoms with E-state index in [0.717, 1.165) is 0 Å². The van der Waals surface area contributed by atoms with E-state index in [-0.39, 0.29) is 0 Å². The second-order valence-corrected chi connectivity index (χ2v) is 2.05. The summed E-state index contributed by atoms with van der Waals surface area (Å²) in [5, 5.41) is 0.633. The van der Waals surface area contributed by atoms with Crippen LogP contribution in [0.1, 0.15) is 5.56 Å². The van der Waals surface area contributed by atoms with Crippen molar-refractivity contribution in [3.8, 4) is 0 Å². The SMILES string of the molecule is O=[C]c1ccc(Cl)cc1. The summed E-state index contributed by atoms with van der Waals surface area (Å²) < 4.78 is 0. The van der Waals surface area contributed by atoms with Gasteiger partial charge in [0.25, 0.3) is 0 Å². The Morgan fingerprint density at radius 1 is 1.22 bits per heavy atom. The number of halogens is 1. The van der Waals surface area contributed by atoms with Crippen LogP contribution in [0.4, 0.5) is 0 Å². The van der Waals surface area contributed by atoms with Crippen molar-refractivity contribution >= 4 is 17.9 Å². The number of hydrogen-bond acceptors (Lipinski definition) is 1. The van der Waals surface area contributed by atoms with Gasteiger partial charge in [-0.1, -0.05) is 11.6 Å². The molecule has 0 unspecified atom stereocenters. The normalized spacial score (nSPS) is 9.00. The molecule has 0 atom stereocenters. The molecule has 0 fully saturated rings. The molecule has 0 aliphatic rings. The van der Waals surface area contributed by atoms with Crippen molar-refractivity contribution < 1.29 is 4.79 Å². The predicted molar refractivity (Wildman–Crippen MR) is 36.2 cm³/mol. The minimum Gasteiger partial charge on any atom is -0.285 e. The van der Waals surface area contributed by atoms with Crippen LogP contribution in [-0.4, -0.2) is 6.29 Å². The van der Waals surface area contributed by atoms with Crippen LogP contribution in [0.25, 0.3) is 0 Å². The molecule has 0 aliphatic carbocycles. The molecule has 1 nitrogen and oxygen atoms in total. The van der Waals surface area contributed by atoms with Gasteiger partial charge in [-0.15, -0.1) is 0 Å². The van der Waals surface area contributed by atoms with Gasteiger partial charge in [0.2, 0.25) is 6.29 Å². The molecule has 1 radical (unpaired) electrons. The maximum atomic E-state index is 9.95. The molecule has 9 heavy (non-hydrogen) atoms. The Morgan fingerprint density at radius 3 is 2.22 bits per heavy atom. The first-order chi connectivity index (χ1) is 4.33. The molecule has 0 spiro atoms. The summed E-state index contributed by atoms with van der Waals surface area (Å²) in [7, 11) is 0. The van der Waals surface area contributed by atoms with Gasteiger partial charge in [0, 0.05) is 10.6 Å². The Labute approximate surface area is 58.3 Å². The van der Waals surface area contributed by atoms with Crippen LogP contribution in [0.15, 0.2) is 24.3 Å². The van der Waals surface area contributed by atoms with Gasteiger partial charge in [-0.25, -0.2) is 0 Å². The molecule has 45 valence electrons. The third-order valence-electron chi connectivity index (χ3n) is 0.962. The Bertz CT molecular complexity index is 203. The topological polar surface area (TPSA) is 17.1 Å². The van der Waals surface area contributed by atoms with Gasteiger partial charge in [0.15, 0.2) is 0 Å².